The van der Waals surface area contributed by atoms with Crippen LogP contribution in [0.2, 0.25) is 0 Å². The van der Waals surface area contributed by atoms with Crippen molar-refractivity contribution in [1.29, 1.82) is 0 Å². The molecule has 2 unspecified atom stereocenters. The summed E-state index contributed by atoms with van der Waals surface area (Å²) < 4.78 is 11.6. The van der Waals surface area contributed by atoms with E-state index < -0.39 is 0 Å². The maximum Gasteiger partial charge on any atom is 0.0740 e. The van der Waals surface area contributed by atoms with Crippen molar-refractivity contribution in [2.75, 3.05) is 39.4 Å². The van der Waals surface area contributed by atoms with Crippen molar-refractivity contribution in [3.63, 3.8) is 0 Å². The minimum atomic E-state index is 0.301. The largest absolute Gasteiger partial charge is 0.375 e. The summed E-state index contributed by atoms with van der Waals surface area (Å²) in [6.07, 6.45) is 2.58. The van der Waals surface area contributed by atoms with E-state index in [1.165, 1.54) is 11.1 Å². The lowest BCUT2D eigenvalue weighted by Gasteiger charge is -2.27. The molecular formula is C16H24N2O2. The number of hydrogen-bond donors (Lipinski definition) is 2. The molecule has 20 heavy (non-hydrogen) atoms. The zero-order valence-electron chi connectivity index (χ0n) is 11.9. The second kappa shape index (κ2) is 7.18. The summed E-state index contributed by atoms with van der Waals surface area (Å²) in [5, 5.41) is 6.79. The summed E-state index contributed by atoms with van der Waals surface area (Å²) in [6, 6.07) is 8.69. The molecule has 0 aliphatic carbocycles. The summed E-state index contributed by atoms with van der Waals surface area (Å²) in [7, 11) is 0. The van der Waals surface area contributed by atoms with Crippen molar-refractivity contribution >= 4 is 0 Å². The molecule has 2 heterocycles. The molecule has 1 aromatic carbocycles. The van der Waals surface area contributed by atoms with E-state index in [2.05, 4.69) is 34.9 Å². The highest BCUT2D eigenvalue weighted by Crippen LogP contribution is 2.17. The van der Waals surface area contributed by atoms with E-state index in [4.69, 9.17) is 9.47 Å². The first-order chi connectivity index (χ1) is 9.92. The normalized spacial score (nSPS) is 27.4. The van der Waals surface area contributed by atoms with E-state index in [-0.39, 0.29) is 0 Å². The van der Waals surface area contributed by atoms with E-state index in [1.807, 2.05) is 0 Å². The molecule has 0 saturated carbocycles. The number of ether oxygens (including phenoxy) is 2. The zero-order chi connectivity index (χ0) is 13.6. The summed E-state index contributed by atoms with van der Waals surface area (Å²) in [5.41, 5.74) is 2.80. The van der Waals surface area contributed by atoms with Gasteiger partial charge in [-0.15, -0.1) is 0 Å². The van der Waals surface area contributed by atoms with Gasteiger partial charge in [0.15, 0.2) is 0 Å². The fourth-order valence-corrected chi connectivity index (χ4v) is 2.95. The second-order valence-corrected chi connectivity index (χ2v) is 5.57. The van der Waals surface area contributed by atoms with Gasteiger partial charge in [0.1, 0.15) is 0 Å². The van der Waals surface area contributed by atoms with Crippen LogP contribution in [0, 0.1) is 0 Å². The first kappa shape index (κ1) is 14.0. The molecule has 2 aliphatic heterocycles. The summed E-state index contributed by atoms with van der Waals surface area (Å²) >= 11 is 0. The monoisotopic (exact) mass is 276 g/mol. The lowest BCUT2D eigenvalue weighted by molar-refractivity contribution is 0.0257. The third-order valence-electron chi connectivity index (χ3n) is 4.02. The fraction of sp³-hybridized carbons (Fsp3) is 0.625. The molecule has 1 aromatic rings. The van der Waals surface area contributed by atoms with Gasteiger partial charge in [-0.1, -0.05) is 24.3 Å². The van der Waals surface area contributed by atoms with E-state index >= 15 is 0 Å². The molecule has 3 rings (SSSR count). The molecule has 0 bridgehead atoms. The Morgan fingerprint density at radius 3 is 1.75 bits per heavy atom. The highest BCUT2D eigenvalue weighted by Gasteiger charge is 2.18. The highest BCUT2D eigenvalue weighted by molar-refractivity contribution is 5.28. The number of rotatable bonds is 4. The zero-order valence-corrected chi connectivity index (χ0v) is 11.9. The van der Waals surface area contributed by atoms with Crippen molar-refractivity contribution < 1.29 is 9.47 Å². The Morgan fingerprint density at radius 2 is 1.35 bits per heavy atom. The summed E-state index contributed by atoms with van der Waals surface area (Å²) in [6.45, 7) is 5.50. The van der Waals surface area contributed by atoms with Gasteiger partial charge in [-0.2, -0.15) is 0 Å². The van der Waals surface area contributed by atoms with Crippen LogP contribution in [0.4, 0.5) is 0 Å². The van der Waals surface area contributed by atoms with Crippen molar-refractivity contribution in [1.82, 2.24) is 10.6 Å². The minimum Gasteiger partial charge on any atom is -0.375 e. The number of benzene rings is 1. The van der Waals surface area contributed by atoms with Crippen LogP contribution in [0.15, 0.2) is 24.3 Å². The quantitative estimate of drug-likeness (QED) is 0.851. The molecule has 0 spiro atoms. The van der Waals surface area contributed by atoms with Gasteiger partial charge in [0.05, 0.1) is 25.4 Å². The van der Waals surface area contributed by atoms with E-state index in [1.54, 1.807) is 0 Å². The van der Waals surface area contributed by atoms with Gasteiger partial charge in [-0.3, -0.25) is 0 Å². The molecule has 2 N–H and O–H groups in total. The summed E-state index contributed by atoms with van der Waals surface area (Å²) in [5.74, 6) is 0. The van der Waals surface area contributed by atoms with Crippen molar-refractivity contribution in [2.24, 2.45) is 0 Å². The molecule has 4 nitrogen and oxygen atoms in total. The van der Waals surface area contributed by atoms with Gasteiger partial charge in [0.25, 0.3) is 0 Å². The first-order valence-corrected chi connectivity index (χ1v) is 7.63. The Kier molecular flexibility index (Phi) is 5.03. The maximum absolute atomic E-state index is 5.82. The van der Waals surface area contributed by atoms with Crippen LogP contribution in [0.5, 0.6) is 0 Å². The molecule has 2 saturated heterocycles. The Morgan fingerprint density at radius 1 is 0.850 bits per heavy atom. The van der Waals surface area contributed by atoms with Crippen LogP contribution in [0.25, 0.3) is 0 Å². The third-order valence-corrected chi connectivity index (χ3v) is 4.02. The first-order valence-electron chi connectivity index (χ1n) is 7.63. The predicted molar refractivity (Wildman–Crippen MR) is 79.1 cm³/mol. The van der Waals surface area contributed by atoms with Crippen LogP contribution in [0.1, 0.15) is 11.1 Å². The molecule has 2 fully saturated rings. The Labute approximate surface area is 120 Å². The SMILES string of the molecule is c1ccc(CC2CNCCO2)c(CC2CNCCO2)c1. The van der Waals surface area contributed by atoms with Crippen molar-refractivity contribution in [3.8, 4) is 0 Å². The molecule has 4 heteroatoms. The number of nitrogens with one attached hydrogen (secondary N) is 2. The van der Waals surface area contributed by atoms with Crippen LogP contribution in [-0.2, 0) is 22.3 Å². The summed E-state index contributed by atoms with van der Waals surface area (Å²) in [4.78, 5) is 0. The Hall–Kier alpha value is -0.940. The molecule has 2 atom stereocenters. The topological polar surface area (TPSA) is 42.5 Å². The third kappa shape index (κ3) is 3.79. The van der Waals surface area contributed by atoms with Crippen LogP contribution >= 0.6 is 0 Å². The van der Waals surface area contributed by atoms with Crippen LogP contribution in [-0.4, -0.2) is 51.6 Å². The maximum atomic E-state index is 5.82. The second-order valence-electron chi connectivity index (χ2n) is 5.57. The van der Waals surface area contributed by atoms with Gasteiger partial charge in [0, 0.05) is 39.0 Å². The van der Waals surface area contributed by atoms with Crippen molar-refractivity contribution in [3.05, 3.63) is 35.4 Å². The minimum absolute atomic E-state index is 0.301. The van der Waals surface area contributed by atoms with Crippen LogP contribution < -0.4 is 10.6 Å². The molecule has 110 valence electrons. The van der Waals surface area contributed by atoms with Gasteiger partial charge < -0.3 is 20.1 Å². The molecule has 0 aromatic heterocycles. The van der Waals surface area contributed by atoms with Crippen molar-refractivity contribution in [2.45, 2.75) is 25.0 Å². The number of hydrogen-bond acceptors (Lipinski definition) is 4. The molecule has 0 radical (unpaired) electrons. The average molecular weight is 276 g/mol. The van der Waals surface area contributed by atoms with Crippen LogP contribution in [0.3, 0.4) is 0 Å². The van der Waals surface area contributed by atoms with E-state index in [0.29, 0.717) is 12.2 Å². The van der Waals surface area contributed by atoms with Gasteiger partial charge in [-0.05, 0) is 11.1 Å². The van der Waals surface area contributed by atoms with E-state index in [9.17, 15) is 0 Å². The Bertz CT molecular complexity index is 374. The molecule has 2 aliphatic rings. The smallest absolute Gasteiger partial charge is 0.0740 e. The van der Waals surface area contributed by atoms with Gasteiger partial charge in [0.2, 0.25) is 0 Å². The van der Waals surface area contributed by atoms with Gasteiger partial charge in [-0.25, -0.2) is 0 Å². The molecular weight excluding hydrogens is 252 g/mol. The highest BCUT2D eigenvalue weighted by atomic mass is 16.5. The lowest BCUT2D eigenvalue weighted by Crippen LogP contribution is -2.40. The average Bonchev–Trinajstić information content (AvgIpc) is 2.51. The standard InChI is InChI=1S/C16H24N2O2/c1-2-4-14(10-16-12-18-6-8-20-16)13(3-1)9-15-11-17-5-7-19-15/h1-4,15-18H,5-12H2. The predicted octanol–water partition coefficient (Wildman–Crippen LogP) is 0.748. The lowest BCUT2D eigenvalue weighted by atomic mass is 9.96. The molecule has 0 amide bonds. The Balaban J connectivity index is 1.63. The van der Waals surface area contributed by atoms with E-state index in [0.717, 1.165) is 52.2 Å². The fourth-order valence-electron chi connectivity index (χ4n) is 2.95. The van der Waals surface area contributed by atoms with Gasteiger partial charge >= 0.3 is 0 Å². The number of morpholine rings is 2.